The number of hydrogen-bond donors (Lipinski definition) is 2. The predicted octanol–water partition coefficient (Wildman–Crippen LogP) is -0.337. The summed E-state index contributed by atoms with van der Waals surface area (Å²) in [6, 6.07) is 7.42. The van der Waals surface area contributed by atoms with Crippen LogP contribution in [0.25, 0.3) is 0 Å². The summed E-state index contributed by atoms with van der Waals surface area (Å²) >= 11 is 0. The minimum Gasteiger partial charge on any atom is -0.379 e. The van der Waals surface area contributed by atoms with Crippen molar-refractivity contribution in [1.29, 1.82) is 0 Å². The minimum absolute atomic E-state index is 0.234. The van der Waals surface area contributed by atoms with Crippen molar-refractivity contribution in [2.75, 3.05) is 32.8 Å². The average molecular weight is 309 g/mol. The molecular weight excluding hydrogens is 290 g/mol. The molecule has 1 aliphatic rings. The van der Waals surface area contributed by atoms with E-state index < -0.39 is 10.2 Å². The van der Waals surface area contributed by atoms with Gasteiger partial charge >= 0.3 is 0 Å². The molecule has 21 heavy (non-hydrogen) atoms. The van der Waals surface area contributed by atoms with Gasteiger partial charge in [-0.25, -0.2) is 0 Å². The lowest BCUT2D eigenvalue weighted by Gasteiger charge is -2.26. The lowest BCUT2D eigenvalue weighted by molar-refractivity contribution is 0.0725. The van der Waals surface area contributed by atoms with Crippen molar-refractivity contribution in [3.63, 3.8) is 0 Å². The fourth-order valence-corrected chi connectivity index (χ4v) is 3.13. The Labute approximate surface area is 125 Å². The number of rotatable bonds is 4. The molecule has 1 aromatic rings. The second-order valence-electron chi connectivity index (χ2n) is 4.54. The van der Waals surface area contributed by atoms with Crippen LogP contribution in [0, 0.1) is 11.8 Å². The summed E-state index contributed by atoms with van der Waals surface area (Å²) in [6.07, 6.45) is 0. The van der Waals surface area contributed by atoms with Crippen molar-refractivity contribution in [3.05, 3.63) is 35.4 Å². The van der Waals surface area contributed by atoms with Gasteiger partial charge in [0.15, 0.2) is 0 Å². The SMILES string of the molecule is NCC#Cc1cccc(CNS(=O)(=O)N2CCOCC2)c1. The maximum Gasteiger partial charge on any atom is 0.279 e. The zero-order valence-electron chi connectivity index (χ0n) is 11.7. The van der Waals surface area contributed by atoms with Gasteiger partial charge in [0, 0.05) is 25.2 Å². The summed E-state index contributed by atoms with van der Waals surface area (Å²) in [6.45, 7) is 2.18. The van der Waals surface area contributed by atoms with E-state index in [1.54, 1.807) is 0 Å². The van der Waals surface area contributed by atoms with Gasteiger partial charge < -0.3 is 10.5 Å². The number of nitrogens with zero attached hydrogens (tertiary/aromatic N) is 1. The molecule has 3 N–H and O–H groups in total. The Hall–Kier alpha value is -1.43. The highest BCUT2D eigenvalue weighted by molar-refractivity contribution is 7.87. The van der Waals surface area contributed by atoms with Crippen molar-refractivity contribution in [2.24, 2.45) is 5.73 Å². The lowest BCUT2D eigenvalue weighted by Crippen LogP contribution is -2.46. The standard InChI is InChI=1S/C14H19N3O3S/c15-6-2-5-13-3-1-4-14(11-13)12-16-21(18,19)17-7-9-20-10-8-17/h1,3-4,11,16H,6-10,12,15H2. The third kappa shape index (κ3) is 4.81. The molecule has 6 nitrogen and oxygen atoms in total. The van der Waals surface area contributed by atoms with E-state index in [0.717, 1.165) is 11.1 Å². The minimum atomic E-state index is -3.46. The molecule has 1 aliphatic heterocycles. The van der Waals surface area contributed by atoms with Crippen molar-refractivity contribution >= 4 is 10.2 Å². The van der Waals surface area contributed by atoms with Crippen molar-refractivity contribution < 1.29 is 13.2 Å². The topological polar surface area (TPSA) is 84.7 Å². The van der Waals surface area contributed by atoms with Crippen LogP contribution in [0.1, 0.15) is 11.1 Å². The normalized spacial score (nSPS) is 16.2. The van der Waals surface area contributed by atoms with E-state index in [1.165, 1.54) is 4.31 Å². The van der Waals surface area contributed by atoms with Crippen LogP contribution in [0.2, 0.25) is 0 Å². The smallest absolute Gasteiger partial charge is 0.279 e. The van der Waals surface area contributed by atoms with Crippen LogP contribution >= 0.6 is 0 Å². The highest BCUT2D eigenvalue weighted by Gasteiger charge is 2.23. The molecule has 0 aliphatic carbocycles. The first-order chi connectivity index (χ1) is 10.1. The quantitative estimate of drug-likeness (QED) is 0.746. The van der Waals surface area contributed by atoms with Gasteiger partial charge in [-0.05, 0) is 17.7 Å². The Morgan fingerprint density at radius 2 is 2.10 bits per heavy atom. The molecule has 0 bridgehead atoms. The molecule has 1 aromatic carbocycles. The molecule has 1 fully saturated rings. The second-order valence-corrected chi connectivity index (χ2v) is 6.30. The van der Waals surface area contributed by atoms with E-state index in [4.69, 9.17) is 10.5 Å². The number of benzene rings is 1. The lowest BCUT2D eigenvalue weighted by atomic mass is 10.1. The zero-order chi connectivity index (χ0) is 15.1. The maximum absolute atomic E-state index is 12.1. The fraction of sp³-hybridized carbons (Fsp3) is 0.429. The van der Waals surface area contributed by atoms with Gasteiger partial charge in [-0.3, -0.25) is 0 Å². The van der Waals surface area contributed by atoms with E-state index in [0.29, 0.717) is 32.8 Å². The van der Waals surface area contributed by atoms with E-state index in [9.17, 15) is 8.42 Å². The van der Waals surface area contributed by atoms with Crippen LogP contribution < -0.4 is 10.5 Å². The molecular formula is C14H19N3O3S. The van der Waals surface area contributed by atoms with Crippen molar-refractivity contribution in [1.82, 2.24) is 9.03 Å². The molecule has 2 rings (SSSR count). The summed E-state index contributed by atoms with van der Waals surface area (Å²) < 4.78 is 33.4. The van der Waals surface area contributed by atoms with Gasteiger partial charge in [0.2, 0.25) is 0 Å². The molecule has 0 radical (unpaired) electrons. The Morgan fingerprint density at radius 1 is 1.33 bits per heavy atom. The van der Waals surface area contributed by atoms with E-state index in [1.807, 2.05) is 24.3 Å². The molecule has 0 amide bonds. The number of nitrogens with one attached hydrogen (secondary N) is 1. The number of morpholine rings is 1. The molecule has 114 valence electrons. The van der Waals surface area contributed by atoms with Crippen LogP contribution in [0.5, 0.6) is 0 Å². The van der Waals surface area contributed by atoms with Crippen molar-refractivity contribution in [3.8, 4) is 11.8 Å². The first-order valence-corrected chi connectivity index (χ1v) is 8.16. The van der Waals surface area contributed by atoms with Gasteiger partial charge in [-0.1, -0.05) is 24.0 Å². The van der Waals surface area contributed by atoms with Gasteiger partial charge in [0.1, 0.15) is 0 Å². The van der Waals surface area contributed by atoms with Crippen LogP contribution in [-0.4, -0.2) is 45.6 Å². The van der Waals surface area contributed by atoms with Gasteiger partial charge in [0.25, 0.3) is 10.2 Å². The predicted molar refractivity (Wildman–Crippen MR) is 80.5 cm³/mol. The van der Waals surface area contributed by atoms with Crippen molar-refractivity contribution in [2.45, 2.75) is 6.54 Å². The Bertz CT molecular complexity index is 628. The summed E-state index contributed by atoms with van der Waals surface area (Å²) in [5.41, 5.74) is 7.01. The number of hydrogen-bond acceptors (Lipinski definition) is 4. The largest absolute Gasteiger partial charge is 0.379 e. The Balaban J connectivity index is 1.98. The molecule has 0 atom stereocenters. The first kappa shape index (κ1) is 15.9. The van der Waals surface area contributed by atoms with Crippen LogP contribution in [0.3, 0.4) is 0 Å². The summed E-state index contributed by atoms with van der Waals surface area (Å²) in [7, 11) is -3.46. The fourth-order valence-electron chi connectivity index (χ4n) is 1.96. The molecule has 0 spiro atoms. The van der Waals surface area contributed by atoms with Crippen LogP contribution in [0.15, 0.2) is 24.3 Å². The molecule has 1 heterocycles. The third-order valence-corrected chi connectivity index (χ3v) is 4.58. The van der Waals surface area contributed by atoms with E-state index >= 15 is 0 Å². The maximum atomic E-state index is 12.1. The van der Waals surface area contributed by atoms with Gasteiger partial charge in [-0.15, -0.1) is 0 Å². The third-order valence-electron chi connectivity index (χ3n) is 3.03. The van der Waals surface area contributed by atoms with Gasteiger partial charge in [0.05, 0.1) is 19.8 Å². The van der Waals surface area contributed by atoms with Crippen LogP contribution in [0.4, 0.5) is 0 Å². The number of nitrogens with two attached hydrogens (primary N) is 1. The zero-order valence-corrected chi connectivity index (χ0v) is 12.5. The molecule has 1 saturated heterocycles. The molecule has 0 unspecified atom stereocenters. The second kappa shape index (κ2) is 7.54. The number of ether oxygens (including phenoxy) is 1. The Kier molecular flexibility index (Phi) is 5.73. The monoisotopic (exact) mass is 309 g/mol. The average Bonchev–Trinajstić information content (AvgIpc) is 2.52. The van der Waals surface area contributed by atoms with E-state index in [-0.39, 0.29) is 6.54 Å². The summed E-state index contributed by atoms with van der Waals surface area (Å²) in [5.74, 6) is 5.70. The highest BCUT2D eigenvalue weighted by Crippen LogP contribution is 2.07. The van der Waals surface area contributed by atoms with Gasteiger partial charge in [-0.2, -0.15) is 17.4 Å². The highest BCUT2D eigenvalue weighted by atomic mass is 32.2. The molecule has 0 saturated carbocycles. The first-order valence-electron chi connectivity index (χ1n) is 6.72. The van der Waals surface area contributed by atoms with E-state index in [2.05, 4.69) is 16.6 Å². The summed E-state index contributed by atoms with van der Waals surface area (Å²) in [5, 5.41) is 0. The Morgan fingerprint density at radius 3 is 2.81 bits per heavy atom. The molecule has 0 aromatic heterocycles. The van der Waals surface area contributed by atoms with Crippen LogP contribution in [-0.2, 0) is 21.5 Å². The summed E-state index contributed by atoms with van der Waals surface area (Å²) in [4.78, 5) is 0. The molecule has 7 heteroatoms.